The zero-order chi connectivity index (χ0) is 14.7. The minimum atomic E-state index is -0.843. The molecule has 6 heteroatoms. The van der Waals surface area contributed by atoms with Gasteiger partial charge >= 0.3 is 5.69 Å². The second-order valence-electron chi connectivity index (χ2n) is 4.36. The Kier molecular flexibility index (Phi) is 4.34. The molecule has 20 heavy (non-hydrogen) atoms. The number of nitro benzene ring substituents is 1. The first-order chi connectivity index (χ1) is 9.47. The number of rotatable bonds is 4. The van der Waals surface area contributed by atoms with Gasteiger partial charge in [0.25, 0.3) is 0 Å². The average molecular weight is 339 g/mol. The lowest BCUT2D eigenvalue weighted by atomic mass is 10.1. The minimum absolute atomic E-state index is 0.504. The van der Waals surface area contributed by atoms with Crippen molar-refractivity contribution in [3.8, 4) is 0 Å². The molecule has 2 aromatic rings. The molecule has 0 spiro atoms. The molecule has 0 radical (unpaired) electrons. The molecule has 0 unspecified atom stereocenters. The van der Waals surface area contributed by atoms with E-state index in [4.69, 9.17) is 0 Å². The van der Waals surface area contributed by atoms with Crippen molar-refractivity contribution in [3.05, 3.63) is 67.9 Å². The van der Waals surface area contributed by atoms with Crippen molar-refractivity contribution in [1.29, 1.82) is 0 Å². The summed E-state index contributed by atoms with van der Waals surface area (Å²) in [6.45, 7) is 2.50. The van der Waals surface area contributed by atoms with Crippen molar-refractivity contribution < 1.29 is 9.31 Å². The number of anilines is 1. The highest BCUT2D eigenvalue weighted by atomic mass is 79.9. The van der Waals surface area contributed by atoms with Gasteiger partial charge in [0.05, 0.1) is 4.92 Å². The molecule has 2 aromatic carbocycles. The smallest absolute Gasteiger partial charge is 0.304 e. The lowest BCUT2D eigenvalue weighted by Gasteiger charge is -2.08. The van der Waals surface area contributed by atoms with Crippen LogP contribution >= 0.6 is 15.9 Å². The van der Waals surface area contributed by atoms with Crippen LogP contribution in [-0.4, -0.2) is 4.92 Å². The SMILES string of the molecule is Cc1ccc(CNc2ccc([N+](=O)[O-])c(F)c2)cc1Br. The summed E-state index contributed by atoms with van der Waals surface area (Å²) in [7, 11) is 0. The zero-order valence-electron chi connectivity index (χ0n) is 10.7. The molecule has 0 saturated carbocycles. The third-order valence-corrected chi connectivity index (χ3v) is 3.73. The fourth-order valence-corrected chi connectivity index (χ4v) is 2.14. The molecule has 2 rings (SSSR count). The van der Waals surface area contributed by atoms with Gasteiger partial charge in [0.2, 0.25) is 5.82 Å². The summed E-state index contributed by atoms with van der Waals surface area (Å²) >= 11 is 3.45. The Morgan fingerprint density at radius 2 is 2.05 bits per heavy atom. The zero-order valence-corrected chi connectivity index (χ0v) is 12.3. The van der Waals surface area contributed by atoms with Crippen LogP contribution in [-0.2, 0) is 6.54 Å². The Bertz CT molecular complexity index is 662. The highest BCUT2D eigenvalue weighted by Crippen LogP contribution is 2.22. The molecule has 0 aromatic heterocycles. The molecular formula is C14H12BrFN2O2. The molecule has 0 aliphatic rings. The third-order valence-electron chi connectivity index (χ3n) is 2.88. The van der Waals surface area contributed by atoms with E-state index >= 15 is 0 Å². The molecule has 1 N–H and O–H groups in total. The quantitative estimate of drug-likeness (QED) is 0.663. The van der Waals surface area contributed by atoms with Gasteiger partial charge in [0, 0.05) is 28.8 Å². The molecule has 104 valence electrons. The van der Waals surface area contributed by atoms with E-state index in [1.807, 2.05) is 25.1 Å². The number of nitro groups is 1. The molecule has 0 saturated heterocycles. The van der Waals surface area contributed by atoms with Crippen LogP contribution in [0.15, 0.2) is 40.9 Å². The Labute approximate surface area is 123 Å². The van der Waals surface area contributed by atoms with Gasteiger partial charge in [-0.2, -0.15) is 4.39 Å². The summed E-state index contributed by atoms with van der Waals surface area (Å²) in [5.74, 6) is -0.843. The highest BCUT2D eigenvalue weighted by Gasteiger charge is 2.13. The highest BCUT2D eigenvalue weighted by molar-refractivity contribution is 9.10. The number of hydrogen-bond donors (Lipinski definition) is 1. The number of benzene rings is 2. The Balaban J connectivity index is 2.09. The monoisotopic (exact) mass is 338 g/mol. The summed E-state index contributed by atoms with van der Waals surface area (Å²) in [4.78, 5) is 9.78. The molecular weight excluding hydrogens is 327 g/mol. The Morgan fingerprint density at radius 1 is 1.30 bits per heavy atom. The predicted molar refractivity (Wildman–Crippen MR) is 79.3 cm³/mol. The second-order valence-corrected chi connectivity index (χ2v) is 5.21. The summed E-state index contributed by atoms with van der Waals surface area (Å²) in [6.07, 6.45) is 0. The fourth-order valence-electron chi connectivity index (χ4n) is 1.72. The van der Waals surface area contributed by atoms with Crippen LogP contribution in [0.3, 0.4) is 0 Å². The summed E-state index contributed by atoms with van der Waals surface area (Å²) < 4.78 is 14.5. The van der Waals surface area contributed by atoms with Crippen molar-refractivity contribution in [2.24, 2.45) is 0 Å². The van der Waals surface area contributed by atoms with E-state index < -0.39 is 16.4 Å². The van der Waals surface area contributed by atoms with E-state index in [0.29, 0.717) is 12.2 Å². The maximum Gasteiger partial charge on any atom is 0.304 e. The lowest BCUT2D eigenvalue weighted by molar-refractivity contribution is -0.387. The van der Waals surface area contributed by atoms with Crippen molar-refractivity contribution in [2.75, 3.05) is 5.32 Å². The van der Waals surface area contributed by atoms with Crippen LogP contribution in [0.1, 0.15) is 11.1 Å². The number of hydrogen-bond acceptors (Lipinski definition) is 3. The van der Waals surface area contributed by atoms with Gasteiger partial charge in [0.1, 0.15) is 0 Å². The lowest BCUT2D eigenvalue weighted by Crippen LogP contribution is -2.01. The van der Waals surface area contributed by atoms with Gasteiger partial charge in [-0.15, -0.1) is 0 Å². The number of nitrogens with zero attached hydrogens (tertiary/aromatic N) is 1. The molecule has 0 aliphatic heterocycles. The Morgan fingerprint density at radius 3 is 2.65 bits per heavy atom. The van der Waals surface area contributed by atoms with E-state index in [0.717, 1.165) is 27.7 Å². The molecule has 0 amide bonds. The largest absolute Gasteiger partial charge is 0.381 e. The van der Waals surface area contributed by atoms with Gasteiger partial charge in [-0.3, -0.25) is 10.1 Å². The third kappa shape index (κ3) is 3.33. The molecule has 0 aliphatic carbocycles. The van der Waals surface area contributed by atoms with Gasteiger partial charge in [-0.1, -0.05) is 28.1 Å². The summed E-state index contributed by atoms with van der Waals surface area (Å²) in [6, 6.07) is 9.70. The van der Waals surface area contributed by atoms with Crippen molar-refractivity contribution >= 4 is 27.3 Å². The topological polar surface area (TPSA) is 55.2 Å². The van der Waals surface area contributed by atoms with E-state index in [-0.39, 0.29) is 0 Å². The maximum absolute atomic E-state index is 13.5. The van der Waals surface area contributed by atoms with Crippen LogP contribution in [0.25, 0.3) is 0 Å². The molecule has 0 heterocycles. The van der Waals surface area contributed by atoms with E-state index in [1.165, 1.54) is 6.07 Å². The first kappa shape index (κ1) is 14.5. The molecule has 0 bridgehead atoms. The standard InChI is InChI=1S/C14H12BrFN2O2/c1-9-2-3-10(6-12(9)15)8-17-11-4-5-14(18(19)20)13(16)7-11/h2-7,17H,8H2,1H3. The van der Waals surface area contributed by atoms with Crippen LogP contribution in [0.5, 0.6) is 0 Å². The first-order valence-corrected chi connectivity index (χ1v) is 6.69. The summed E-state index contributed by atoms with van der Waals surface area (Å²) in [5, 5.41) is 13.6. The van der Waals surface area contributed by atoms with Gasteiger partial charge in [0.15, 0.2) is 0 Å². The molecule has 4 nitrogen and oxygen atoms in total. The molecule has 0 atom stereocenters. The second kappa shape index (κ2) is 6.00. The van der Waals surface area contributed by atoms with Crippen molar-refractivity contribution in [2.45, 2.75) is 13.5 Å². The Hall–Kier alpha value is -1.95. The average Bonchev–Trinajstić information content (AvgIpc) is 2.40. The van der Waals surface area contributed by atoms with Crippen LogP contribution in [0, 0.1) is 22.9 Å². The minimum Gasteiger partial charge on any atom is -0.381 e. The van der Waals surface area contributed by atoms with Crippen LogP contribution in [0.4, 0.5) is 15.8 Å². The number of aryl methyl sites for hydroxylation is 1. The van der Waals surface area contributed by atoms with Crippen molar-refractivity contribution in [1.82, 2.24) is 0 Å². The number of halogens is 2. The fraction of sp³-hybridized carbons (Fsp3) is 0.143. The predicted octanol–water partition coefficient (Wildman–Crippen LogP) is 4.42. The van der Waals surface area contributed by atoms with Gasteiger partial charge < -0.3 is 5.32 Å². The van der Waals surface area contributed by atoms with E-state index in [1.54, 1.807) is 0 Å². The number of nitrogens with one attached hydrogen (secondary N) is 1. The maximum atomic E-state index is 13.5. The van der Waals surface area contributed by atoms with E-state index in [9.17, 15) is 14.5 Å². The first-order valence-electron chi connectivity index (χ1n) is 5.90. The van der Waals surface area contributed by atoms with Gasteiger partial charge in [-0.25, -0.2) is 0 Å². The van der Waals surface area contributed by atoms with Crippen molar-refractivity contribution in [3.63, 3.8) is 0 Å². The molecule has 0 fully saturated rings. The normalized spacial score (nSPS) is 10.3. The van der Waals surface area contributed by atoms with E-state index in [2.05, 4.69) is 21.2 Å². The summed E-state index contributed by atoms with van der Waals surface area (Å²) in [5.41, 5.74) is 2.15. The van der Waals surface area contributed by atoms with Gasteiger partial charge in [-0.05, 0) is 30.2 Å². The van der Waals surface area contributed by atoms with Crippen LogP contribution < -0.4 is 5.32 Å². The van der Waals surface area contributed by atoms with Crippen LogP contribution in [0.2, 0.25) is 0 Å².